The molecule has 3 aromatic carbocycles. The molecule has 5 aromatic rings. The van der Waals surface area contributed by atoms with Gasteiger partial charge in [0.15, 0.2) is 0 Å². The molecule has 0 aliphatic rings. The number of nitrogens with one attached hydrogen (secondary N) is 1. The molecule has 2 aromatic heterocycles. The van der Waals surface area contributed by atoms with Crippen LogP contribution in [0.15, 0.2) is 63.5 Å². The van der Waals surface area contributed by atoms with Crippen LogP contribution in [0.5, 0.6) is 0 Å². The summed E-state index contributed by atoms with van der Waals surface area (Å²) in [6, 6.07) is 18.7. The topological polar surface area (TPSA) is 28.9 Å². The van der Waals surface area contributed by atoms with Gasteiger partial charge in [0.2, 0.25) is 0 Å². The van der Waals surface area contributed by atoms with Crippen molar-refractivity contribution < 1.29 is 4.42 Å². The number of fused-ring (bicyclic) bond motifs is 7. The van der Waals surface area contributed by atoms with E-state index in [0.717, 1.165) is 32.1 Å². The van der Waals surface area contributed by atoms with Gasteiger partial charge in [-0.2, -0.15) is 0 Å². The van der Waals surface area contributed by atoms with Crippen molar-refractivity contribution in [3.63, 3.8) is 0 Å². The number of benzene rings is 3. The van der Waals surface area contributed by atoms with Gasteiger partial charge in [0.1, 0.15) is 11.2 Å². The van der Waals surface area contributed by atoms with E-state index in [4.69, 9.17) is 4.42 Å². The standard InChI is InChI=1S/C18H10BrNO/c19-10-5-7-14-13(9-10)17-15(20-14)8-6-12-11-3-1-2-4-16(11)21-18(12)17/h1-9,20H. The number of para-hydroxylation sites is 1. The van der Waals surface area contributed by atoms with E-state index in [1.54, 1.807) is 0 Å². The maximum atomic E-state index is 6.14. The summed E-state index contributed by atoms with van der Waals surface area (Å²) in [4.78, 5) is 3.46. The molecule has 1 N–H and O–H groups in total. The minimum absolute atomic E-state index is 0.935. The number of rotatable bonds is 0. The molecule has 0 aliphatic carbocycles. The van der Waals surface area contributed by atoms with Crippen LogP contribution in [0.25, 0.3) is 43.7 Å². The number of aromatic nitrogens is 1. The predicted octanol–water partition coefficient (Wildman–Crippen LogP) is 5.98. The summed E-state index contributed by atoms with van der Waals surface area (Å²) in [5.41, 5.74) is 4.12. The summed E-state index contributed by atoms with van der Waals surface area (Å²) in [5, 5.41) is 4.67. The molecule has 0 amide bonds. The zero-order chi connectivity index (χ0) is 14.0. The van der Waals surface area contributed by atoms with Gasteiger partial charge >= 0.3 is 0 Å². The molecule has 21 heavy (non-hydrogen) atoms. The van der Waals surface area contributed by atoms with Crippen LogP contribution >= 0.6 is 15.9 Å². The highest BCUT2D eigenvalue weighted by Crippen LogP contribution is 2.38. The average molecular weight is 336 g/mol. The van der Waals surface area contributed by atoms with E-state index < -0.39 is 0 Å². The zero-order valence-electron chi connectivity index (χ0n) is 11.0. The lowest BCUT2D eigenvalue weighted by Gasteiger charge is -1.94. The van der Waals surface area contributed by atoms with Crippen molar-refractivity contribution in [2.75, 3.05) is 0 Å². The molecule has 5 rings (SSSR count). The third-order valence-corrected chi connectivity index (χ3v) is 4.56. The minimum Gasteiger partial charge on any atom is -0.455 e. The Morgan fingerprint density at radius 2 is 1.67 bits per heavy atom. The molecule has 0 atom stereocenters. The van der Waals surface area contributed by atoms with Crippen LogP contribution in [0.2, 0.25) is 0 Å². The largest absolute Gasteiger partial charge is 0.455 e. The van der Waals surface area contributed by atoms with Gasteiger partial charge in [-0.3, -0.25) is 0 Å². The molecular formula is C18H10BrNO. The molecule has 2 nitrogen and oxygen atoms in total. The Bertz CT molecular complexity index is 1150. The first kappa shape index (κ1) is 11.4. The molecule has 0 saturated carbocycles. The van der Waals surface area contributed by atoms with Crippen LogP contribution < -0.4 is 0 Å². The van der Waals surface area contributed by atoms with Gasteiger partial charge in [-0.15, -0.1) is 0 Å². The first-order valence-electron chi connectivity index (χ1n) is 6.82. The Labute approximate surface area is 128 Å². The molecule has 0 unspecified atom stereocenters. The van der Waals surface area contributed by atoms with Crippen molar-refractivity contribution in [1.29, 1.82) is 0 Å². The van der Waals surface area contributed by atoms with Crippen LogP contribution in [-0.2, 0) is 0 Å². The number of aromatic amines is 1. The van der Waals surface area contributed by atoms with Crippen LogP contribution in [0.3, 0.4) is 0 Å². The number of H-pyrrole nitrogens is 1. The van der Waals surface area contributed by atoms with Gasteiger partial charge in [-0.25, -0.2) is 0 Å². The summed E-state index contributed by atoms with van der Waals surface area (Å²) >= 11 is 3.56. The molecule has 0 saturated heterocycles. The summed E-state index contributed by atoms with van der Waals surface area (Å²) in [5.74, 6) is 0. The highest BCUT2D eigenvalue weighted by molar-refractivity contribution is 9.10. The van der Waals surface area contributed by atoms with Crippen LogP contribution in [-0.4, -0.2) is 4.98 Å². The molecule has 0 bridgehead atoms. The molecular weight excluding hydrogens is 326 g/mol. The third kappa shape index (κ3) is 1.47. The Morgan fingerprint density at radius 3 is 2.62 bits per heavy atom. The van der Waals surface area contributed by atoms with E-state index in [0.29, 0.717) is 0 Å². The van der Waals surface area contributed by atoms with E-state index in [1.165, 1.54) is 16.2 Å². The van der Waals surface area contributed by atoms with Gasteiger partial charge in [0.25, 0.3) is 0 Å². The van der Waals surface area contributed by atoms with Gasteiger partial charge in [-0.1, -0.05) is 34.1 Å². The van der Waals surface area contributed by atoms with Crippen molar-refractivity contribution in [1.82, 2.24) is 4.98 Å². The van der Waals surface area contributed by atoms with Gasteiger partial charge in [0, 0.05) is 26.1 Å². The summed E-state index contributed by atoms with van der Waals surface area (Å²) in [6.45, 7) is 0. The molecule has 0 fully saturated rings. The van der Waals surface area contributed by atoms with Gasteiger partial charge in [0.05, 0.1) is 10.9 Å². The Kier molecular flexibility index (Phi) is 2.11. The molecule has 0 aliphatic heterocycles. The highest BCUT2D eigenvalue weighted by atomic mass is 79.9. The van der Waals surface area contributed by atoms with Crippen molar-refractivity contribution >= 4 is 59.7 Å². The Balaban J connectivity index is 2.11. The van der Waals surface area contributed by atoms with E-state index >= 15 is 0 Å². The SMILES string of the molecule is Brc1ccc2[nH]c3ccc4c5ccccc5oc4c3c2c1. The minimum atomic E-state index is 0.935. The summed E-state index contributed by atoms with van der Waals surface area (Å²) in [7, 11) is 0. The molecule has 0 spiro atoms. The van der Waals surface area contributed by atoms with Crippen LogP contribution in [0.4, 0.5) is 0 Å². The fraction of sp³-hybridized carbons (Fsp3) is 0. The second kappa shape index (κ2) is 3.89. The first-order chi connectivity index (χ1) is 10.3. The van der Waals surface area contributed by atoms with E-state index in [9.17, 15) is 0 Å². The normalized spacial score (nSPS) is 12.0. The number of halogens is 1. The highest BCUT2D eigenvalue weighted by Gasteiger charge is 2.13. The zero-order valence-corrected chi connectivity index (χ0v) is 12.6. The maximum absolute atomic E-state index is 6.14. The van der Waals surface area contributed by atoms with Crippen LogP contribution in [0.1, 0.15) is 0 Å². The third-order valence-electron chi connectivity index (χ3n) is 4.07. The second-order valence-corrected chi connectivity index (χ2v) is 6.19. The summed E-state index contributed by atoms with van der Waals surface area (Å²) < 4.78 is 7.21. The lowest BCUT2D eigenvalue weighted by molar-refractivity contribution is 0.673. The molecule has 100 valence electrons. The van der Waals surface area contributed by atoms with Crippen molar-refractivity contribution in [3.05, 3.63) is 59.1 Å². The van der Waals surface area contributed by atoms with Crippen LogP contribution in [0, 0.1) is 0 Å². The molecule has 0 radical (unpaired) electrons. The maximum Gasteiger partial charge on any atom is 0.145 e. The lowest BCUT2D eigenvalue weighted by atomic mass is 10.1. The van der Waals surface area contributed by atoms with E-state index in [2.05, 4.69) is 51.2 Å². The molecule has 3 heteroatoms. The lowest BCUT2D eigenvalue weighted by Crippen LogP contribution is -1.70. The van der Waals surface area contributed by atoms with Gasteiger partial charge < -0.3 is 9.40 Å². The molecule has 2 heterocycles. The van der Waals surface area contributed by atoms with Gasteiger partial charge in [-0.05, 0) is 36.4 Å². The summed E-state index contributed by atoms with van der Waals surface area (Å²) in [6.07, 6.45) is 0. The van der Waals surface area contributed by atoms with Crippen molar-refractivity contribution in [3.8, 4) is 0 Å². The quantitative estimate of drug-likeness (QED) is 0.370. The first-order valence-corrected chi connectivity index (χ1v) is 7.62. The van der Waals surface area contributed by atoms with E-state index in [-0.39, 0.29) is 0 Å². The second-order valence-electron chi connectivity index (χ2n) is 5.28. The van der Waals surface area contributed by atoms with Crippen molar-refractivity contribution in [2.45, 2.75) is 0 Å². The fourth-order valence-corrected chi connectivity index (χ4v) is 3.50. The Morgan fingerprint density at radius 1 is 0.810 bits per heavy atom. The monoisotopic (exact) mass is 335 g/mol. The number of furan rings is 1. The average Bonchev–Trinajstić information content (AvgIpc) is 3.04. The number of hydrogen-bond donors (Lipinski definition) is 1. The van der Waals surface area contributed by atoms with Crippen molar-refractivity contribution in [2.24, 2.45) is 0 Å². The van der Waals surface area contributed by atoms with E-state index in [1.807, 2.05) is 24.3 Å². The number of hydrogen-bond acceptors (Lipinski definition) is 1. The Hall–Kier alpha value is -2.26. The predicted molar refractivity (Wildman–Crippen MR) is 90.8 cm³/mol. The smallest absolute Gasteiger partial charge is 0.145 e. The fourth-order valence-electron chi connectivity index (χ4n) is 3.14.